The van der Waals surface area contributed by atoms with Crippen LogP contribution in [0.2, 0.25) is 0 Å². The van der Waals surface area contributed by atoms with Gasteiger partial charge in [0, 0.05) is 6.08 Å². The van der Waals surface area contributed by atoms with E-state index in [2.05, 4.69) is 31.3 Å². The van der Waals surface area contributed by atoms with Crippen LogP contribution in [-0.4, -0.2) is 11.5 Å². The van der Waals surface area contributed by atoms with Gasteiger partial charge >= 0.3 is 0 Å². The molecule has 0 fully saturated rings. The number of carbonyl (C=O) groups excluding carboxylic acids is 1. The van der Waals surface area contributed by atoms with Crippen LogP contribution < -0.4 is 10.1 Å². The van der Waals surface area contributed by atoms with Crippen molar-refractivity contribution in [3.05, 3.63) is 46.9 Å². The Balaban J connectivity index is 2.08. The first-order valence-corrected chi connectivity index (χ1v) is 7.53. The maximum absolute atomic E-state index is 12.1. The van der Waals surface area contributed by atoms with Crippen molar-refractivity contribution >= 4 is 11.5 Å². The van der Waals surface area contributed by atoms with Crippen LogP contribution in [0.25, 0.3) is 0 Å². The number of hydrogen-bond acceptors (Lipinski definition) is 4. The Hall–Kier alpha value is -2.23. The van der Waals surface area contributed by atoms with Gasteiger partial charge in [-0.2, -0.15) is 0 Å². The van der Waals surface area contributed by atoms with Crippen LogP contribution in [0.5, 0.6) is 5.75 Å². The third kappa shape index (κ3) is 2.19. The van der Waals surface area contributed by atoms with Crippen LogP contribution in [0.1, 0.15) is 46.1 Å². The van der Waals surface area contributed by atoms with Crippen molar-refractivity contribution in [2.45, 2.75) is 46.3 Å². The summed E-state index contributed by atoms with van der Waals surface area (Å²) in [4.78, 5) is 12.1. The average molecular weight is 299 g/mol. The fourth-order valence-electron chi connectivity index (χ4n) is 3.12. The van der Waals surface area contributed by atoms with Crippen molar-refractivity contribution in [3.63, 3.8) is 0 Å². The molecule has 0 radical (unpaired) electrons. The number of carbonyl (C=O) groups is 1. The highest BCUT2D eigenvalue weighted by Crippen LogP contribution is 2.45. The van der Waals surface area contributed by atoms with Gasteiger partial charge in [0.15, 0.2) is 5.78 Å². The van der Waals surface area contributed by atoms with E-state index in [-0.39, 0.29) is 5.78 Å². The van der Waals surface area contributed by atoms with Crippen molar-refractivity contribution in [2.75, 3.05) is 5.32 Å². The third-order valence-corrected chi connectivity index (χ3v) is 4.06. The summed E-state index contributed by atoms with van der Waals surface area (Å²) < 4.78 is 11.7. The number of fused-ring (bicyclic) bond motifs is 1. The van der Waals surface area contributed by atoms with Crippen molar-refractivity contribution in [3.8, 4) is 5.75 Å². The summed E-state index contributed by atoms with van der Waals surface area (Å²) in [6, 6.07) is 6.10. The van der Waals surface area contributed by atoms with Crippen LogP contribution >= 0.6 is 0 Å². The molecule has 0 aromatic heterocycles. The van der Waals surface area contributed by atoms with Gasteiger partial charge in [-0.1, -0.05) is 19.9 Å². The van der Waals surface area contributed by atoms with Gasteiger partial charge in [0.25, 0.3) is 0 Å². The lowest BCUT2D eigenvalue weighted by Gasteiger charge is -2.32. The number of ether oxygens (including phenoxy) is 2. The monoisotopic (exact) mass is 299 g/mol. The second kappa shape index (κ2) is 4.90. The maximum atomic E-state index is 12.1. The Morgan fingerprint density at radius 3 is 2.64 bits per heavy atom. The SMILES string of the molecule is CC(=O)C1=C(C)OC(C)=CC12Nc1cc(C(C)C)ccc1O2. The summed E-state index contributed by atoms with van der Waals surface area (Å²) >= 11 is 0. The molecule has 2 heterocycles. The van der Waals surface area contributed by atoms with Gasteiger partial charge < -0.3 is 14.8 Å². The smallest absolute Gasteiger partial charge is 0.237 e. The second-order valence-electron chi connectivity index (χ2n) is 6.22. The first-order chi connectivity index (χ1) is 10.3. The topological polar surface area (TPSA) is 47.6 Å². The maximum Gasteiger partial charge on any atom is 0.237 e. The van der Waals surface area contributed by atoms with E-state index < -0.39 is 5.72 Å². The summed E-state index contributed by atoms with van der Waals surface area (Å²) in [6.07, 6.45) is 1.83. The molecule has 2 aliphatic rings. The molecule has 0 saturated carbocycles. The third-order valence-electron chi connectivity index (χ3n) is 4.06. The predicted octanol–water partition coefficient (Wildman–Crippen LogP) is 4.11. The van der Waals surface area contributed by atoms with E-state index in [0.29, 0.717) is 23.0 Å². The summed E-state index contributed by atoms with van der Waals surface area (Å²) in [5, 5.41) is 3.38. The van der Waals surface area contributed by atoms with Crippen molar-refractivity contribution < 1.29 is 14.3 Å². The Morgan fingerprint density at radius 2 is 2.00 bits per heavy atom. The summed E-state index contributed by atoms with van der Waals surface area (Å²) in [5.74, 6) is 2.41. The molecule has 0 amide bonds. The minimum atomic E-state index is -0.962. The molecule has 1 N–H and O–H groups in total. The first-order valence-electron chi connectivity index (χ1n) is 7.53. The second-order valence-corrected chi connectivity index (χ2v) is 6.22. The zero-order valence-electron chi connectivity index (χ0n) is 13.6. The normalized spacial score (nSPS) is 22.9. The van der Waals surface area contributed by atoms with Crippen molar-refractivity contribution in [2.24, 2.45) is 0 Å². The average Bonchev–Trinajstić information content (AvgIpc) is 2.73. The highest BCUT2D eigenvalue weighted by Gasteiger charge is 2.46. The van der Waals surface area contributed by atoms with E-state index in [1.165, 1.54) is 12.5 Å². The van der Waals surface area contributed by atoms with Gasteiger partial charge in [-0.3, -0.25) is 4.79 Å². The Morgan fingerprint density at radius 1 is 1.27 bits per heavy atom. The molecule has 3 rings (SSSR count). The Labute approximate surface area is 130 Å². The lowest BCUT2D eigenvalue weighted by atomic mass is 9.95. The fraction of sp³-hybridized carbons (Fsp3) is 0.389. The molecular weight excluding hydrogens is 278 g/mol. The molecule has 0 bridgehead atoms. The molecule has 1 spiro atoms. The van der Waals surface area contributed by atoms with E-state index >= 15 is 0 Å². The molecule has 1 atom stereocenters. The molecule has 22 heavy (non-hydrogen) atoms. The minimum absolute atomic E-state index is 0.0642. The summed E-state index contributed by atoms with van der Waals surface area (Å²) in [6.45, 7) is 9.48. The minimum Gasteiger partial charge on any atom is -0.466 e. The first kappa shape index (κ1) is 14.7. The van der Waals surface area contributed by atoms with Crippen LogP contribution in [0.4, 0.5) is 5.69 Å². The molecule has 116 valence electrons. The highest BCUT2D eigenvalue weighted by atomic mass is 16.5. The lowest BCUT2D eigenvalue weighted by Crippen LogP contribution is -2.45. The summed E-state index contributed by atoms with van der Waals surface area (Å²) in [5.41, 5.74) is 1.68. The highest BCUT2D eigenvalue weighted by molar-refractivity contribution is 5.98. The van der Waals surface area contributed by atoms with Crippen LogP contribution in [0.3, 0.4) is 0 Å². The quantitative estimate of drug-likeness (QED) is 0.893. The number of allylic oxidation sites excluding steroid dienone is 2. The van der Waals surface area contributed by atoms with Gasteiger partial charge in [0.05, 0.1) is 5.69 Å². The number of nitrogens with one attached hydrogen (secondary N) is 1. The predicted molar refractivity (Wildman–Crippen MR) is 85.7 cm³/mol. The van der Waals surface area contributed by atoms with Gasteiger partial charge in [-0.15, -0.1) is 0 Å². The lowest BCUT2D eigenvalue weighted by molar-refractivity contribution is -0.115. The molecule has 4 nitrogen and oxygen atoms in total. The Bertz CT molecular complexity index is 715. The van der Waals surface area contributed by atoms with E-state index in [0.717, 1.165) is 11.4 Å². The molecule has 0 saturated heterocycles. The van der Waals surface area contributed by atoms with Crippen molar-refractivity contribution in [1.82, 2.24) is 0 Å². The van der Waals surface area contributed by atoms with Gasteiger partial charge in [0.1, 0.15) is 22.8 Å². The van der Waals surface area contributed by atoms with E-state index in [9.17, 15) is 4.79 Å². The Kier molecular flexibility index (Phi) is 3.28. The van der Waals surface area contributed by atoms with Crippen LogP contribution in [-0.2, 0) is 9.53 Å². The number of benzene rings is 1. The molecule has 1 aromatic rings. The number of anilines is 1. The van der Waals surface area contributed by atoms with Crippen LogP contribution in [0.15, 0.2) is 41.4 Å². The van der Waals surface area contributed by atoms with Crippen LogP contribution in [0, 0.1) is 0 Å². The van der Waals surface area contributed by atoms with Gasteiger partial charge in [-0.25, -0.2) is 0 Å². The van der Waals surface area contributed by atoms with Gasteiger partial charge in [0.2, 0.25) is 5.72 Å². The molecule has 2 aliphatic heterocycles. The molecule has 1 unspecified atom stereocenters. The zero-order chi connectivity index (χ0) is 16.1. The fourth-order valence-corrected chi connectivity index (χ4v) is 3.12. The number of ketones is 1. The standard InChI is InChI=1S/C18H21NO3/c1-10(2)14-6-7-16-15(8-14)19-18(22-16)9-11(3)21-13(5)17(18)12(4)20/h6-10,19H,1-5H3. The zero-order valence-corrected chi connectivity index (χ0v) is 13.6. The molecular formula is C18H21NO3. The number of hydrogen-bond donors (Lipinski definition) is 1. The van der Waals surface area contributed by atoms with Gasteiger partial charge in [-0.05, 0) is 44.4 Å². The number of Topliss-reactive ketones (excluding diaryl/α,β-unsaturated/α-hetero) is 1. The molecule has 0 aliphatic carbocycles. The van der Waals surface area contributed by atoms with E-state index in [4.69, 9.17) is 9.47 Å². The van der Waals surface area contributed by atoms with Crippen molar-refractivity contribution in [1.29, 1.82) is 0 Å². The van der Waals surface area contributed by atoms with E-state index in [1.807, 2.05) is 19.1 Å². The number of rotatable bonds is 2. The molecule has 1 aromatic carbocycles. The van der Waals surface area contributed by atoms with E-state index in [1.54, 1.807) is 6.92 Å². The molecule has 4 heteroatoms. The largest absolute Gasteiger partial charge is 0.466 e. The summed E-state index contributed by atoms with van der Waals surface area (Å²) in [7, 11) is 0.